The Morgan fingerprint density at radius 2 is 1.73 bits per heavy atom. The van der Waals surface area contributed by atoms with Crippen molar-refractivity contribution in [2.24, 2.45) is 0 Å². The molecule has 68 valence electrons. The van der Waals surface area contributed by atoms with E-state index in [-0.39, 0.29) is 11.7 Å². The second kappa shape index (κ2) is 4.73. The van der Waals surface area contributed by atoms with Gasteiger partial charge in [-0.3, -0.25) is 0 Å². The van der Waals surface area contributed by atoms with Crippen molar-refractivity contribution in [1.29, 1.82) is 0 Å². The van der Waals surface area contributed by atoms with Crippen molar-refractivity contribution in [2.75, 3.05) is 6.61 Å². The van der Waals surface area contributed by atoms with Crippen LogP contribution >= 0.6 is 0 Å². The van der Waals surface area contributed by atoms with Crippen molar-refractivity contribution >= 4 is 0 Å². The van der Waals surface area contributed by atoms with E-state index in [1.165, 1.54) is 0 Å². The monoisotopic (exact) mass is 160 g/mol. The topological polar surface area (TPSA) is 29.5 Å². The van der Waals surface area contributed by atoms with E-state index >= 15 is 0 Å². The van der Waals surface area contributed by atoms with Crippen LogP contribution < -0.4 is 0 Å². The molecule has 0 aromatic carbocycles. The average Bonchev–Trinajstić information content (AvgIpc) is 2.00. The summed E-state index contributed by atoms with van der Waals surface area (Å²) in [6.45, 7) is 8.52. The van der Waals surface area contributed by atoms with E-state index in [1.54, 1.807) is 6.92 Å². The summed E-state index contributed by atoms with van der Waals surface area (Å²) in [4.78, 5) is 0. The van der Waals surface area contributed by atoms with Crippen LogP contribution in [0.3, 0.4) is 0 Å². The quantitative estimate of drug-likeness (QED) is 0.666. The van der Waals surface area contributed by atoms with E-state index in [1.807, 2.05) is 20.8 Å². The predicted octanol–water partition coefficient (Wildman–Crippen LogP) is 1.96. The number of hydrogen-bond acceptors (Lipinski definition) is 2. The molecule has 0 amide bonds. The lowest BCUT2D eigenvalue weighted by Crippen LogP contribution is -2.42. The normalized spacial score (nSPS) is 15.0. The molecule has 0 aromatic heterocycles. The van der Waals surface area contributed by atoms with Crippen LogP contribution in [0.25, 0.3) is 0 Å². The maximum Gasteiger partial charge on any atom is 0.0932 e. The average molecular weight is 160 g/mol. The second-order valence-corrected chi connectivity index (χ2v) is 2.88. The van der Waals surface area contributed by atoms with Gasteiger partial charge in [0.1, 0.15) is 0 Å². The molecule has 0 rings (SSSR count). The highest BCUT2D eigenvalue weighted by Crippen LogP contribution is 2.24. The molecule has 0 saturated carbocycles. The van der Waals surface area contributed by atoms with Crippen molar-refractivity contribution in [3.05, 3.63) is 0 Å². The van der Waals surface area contributed by atoms with Crippen molar-refractivity contribution < 1.29 is 9.84 Å². The zero-order valence-electron chi connectivity index (χ0n) is 8.05. The summed E-state index contributed by atoms with van der Waals surface area (Å²) in [7, 11) is 0. The molecule has 2 heteroatoms. The SMILES string of the molecule is CCOC(CC)(CC)C(C)O. The van der Waals surface area contributed by atoms with Gasteiger partial charge in [0.25, 0.3) is 0 Å². The van der Waals surface area contributed by atoms with Crippen molar-refractivity contribution in [2.45, 2.75) is 52.2 Å². The molecule has 1 unspecified atom stereocenters. The molecule has 0 bridgehead atoms. The van der Waals surface area contributed by atoms with E-state index in [0.717, 1.165) is 12.8 Å². The molecule has 0 spiro atoms. The lowest BCUT2D eigenvalue weighted by atomic mass is 9.91. The van der Waals surface area contributed by atoms with E-state index in [2.05, 4.69) is 0 Å². The van der Waals surface area contributed by atoms with Crippen molar-refractivity contribution in [3.8, 4) is 0 Å². The minimum Gasteiger partial charge on any atom is -0.390 e. The van der Waals surface area contributed by atoms with Crippen LogP contribution in [-0.2, 0) is 4.74 Å². The Balaban J connectivity index is 4.20. The molecule has 0 fully saturated rings. The summed E-state index contributed by atoms with van der Waals surface area (Å²) in [5, 5.41) is 9.47. The van der Waals surface area contributed by atoms with Crippen LogP contribution in [0, 0.1) is 0 Å². The third kappa shape index (κ3) is 2.46. The summed E-state index contributed by atoms with van der Waals surface area (Å²) < 4.78 is 5.54. The molecular weight excluding hydrogens is 140 g/mol. The van der Waals surface area contributed by atoms with Gasteiger partial charge in [0.05, 0.1) is 11.7 Å². The summed E-state index contributed by atoms with van der Waals surface area (Å²) in [6.07, 6.45) is 1.36. The van der Waals surface area contributed by atoms with E-state index in [0.29, 0.717) is 6.61 Å². The van der Waals surface area contributed by atoms with Gasteiger partial charge in [0, 0.05) is 6.61 Å². The predicted molar refractivity (Wildman–Crippen MR) is 46.6 cm³/mol. The zero-order chi connectivity index (χ0) is 8.91. The Hall–Kier alpha value is -0.0800. The summed E-state index contributed by atoms with van der Waals surface area (Å²) in [6, 6.07) is 0. The zero-order valence-corrected chi connectivity index (χ0v) is 8.05. The van der Waals surface area contributed by atoms with Gasteiger partial charge >= 0.3 is 0 Å². The minimum atomic E-state index is -0.377. The Morgan fingerprint density at radius 3 is 1.82 bits per heavy atom. The van der Waals surface area contributed by atoms with Crippen LogP contribution in [0.4, 0.5) is 0 Å². The van der Waals surface area contributed by atoms with Gasteiger partial charge < -0.3 is 9.84 Å². The third-order valence-electron chi connectivity index (χ3n) is 2.39. The van der Waals surface area contributed by atoms with Crippen molar-refractivity contribution in [3.63, 3.8) is 0 Å². The third-order valence-corrected chi connectivity index (χ3v) is 2.39. The van der Waals surface area contributed by atoms with Gasteiger partial charge in [0.15, 0.2) is 0 Å². The fourth-order valence-electron chi connectivity index (χ4n) is 1.45. The molecule has 0 aliphatic carbocycles. The van der Waals surface area contributed by atoms with Crippen LogP contribution in [0.15, 0.2) is 0 Å². The number of aliphatic hydroxyl groups is 1. The molecule has 0 aliphatic heterocycles. The van der Waals surface area contributed by atoms with Crippen LogP contribution in [0.1, 0.15) is 40.5 Å². The minimum absolute atomic E-state index is 0.311. The summed E-state index contributed by atoms with van der Waals surface area (Å²) in [5.41, 5.74) is -0.311. The standard InChI is InChI=1S/C9H20O2/c1-5-9(6-2,8(4)10)11-7-3/h8,10H,5-7H2,1-4H3. The maximum absolute atomic E-state index is 9.47. The smallest absolute Gasteiger partial charge is 0.0932 e. The molecule has 0 aliphatic rings. The Bertz CT molecular complexity index is 95.7. The first-order valence-electron chi connectivity index (χ1n) is 4.45. The van der Waals surface area contributed by atoms with Gasteiger partial charge in [-0.05, 0) is 26.7 Å². The molecular formula is C9H20O2. The van der Waals surface area contributed by atoms with Crippen LogP contribution in [-0.4, -0.2) is 23.4 Å². The van der Waals surface area contributed by atoms with Crippen LogP contribution in [0.5, 0.6) is 0 Å². The molecule has 0 radical (unpaired) electrons. The number of ether oxygens (including phenoxy) is 1. The first-order chi connectivity index (χ1) is 5.13. The fraction of sp³-hybridized carbons (Fsp3) is 1.00. The fourth-order valence-corrected chi connectivity index (χ4v) is 1.45. The molecule has 1 atom stereocenters. The van der Waals surface area contributed by atoms with Gasteiger partial charge in [-0.1, -0.05) is 13.8 Å². The number of rotatable bonds is 5. The number of hydrogen-bond donors (Lipinski definition) is 1. The van der Waals surface area contributed by atoms with Gasteiger partial charge in [-0.2, -0.15) is 0 Å². The largest absolute Gasteiger partial charge is 0.390 e. The maximum atomic E-state index is 9.47. The second-order valence-electron chi connectivity index (χ2n) is 2.88. The highest BCUT2D eigenvalue weighted by Gasteiger charge is 2.31. The number of aliphatic hydroxyl groups excluding tert-OH is 1. The summed E-state index contributed by atoms with van der Waals surface area (Å²) >= 11 is 0. The molecule has 2 nitrogen and oxygen atoms in total. The molecule has 1 N–H and O–H groups in total. The Kier molecular flexibility index (Phi) is 4.69. The molecule has 0 saturated heterocycles. The Labute approximate surface area is 69.6 Å². The van der Waals surface area contributed by atoms with Crippen LogP contribution in [0.2, 0.25) is 0 Å². The van der Waals surface area contributed by atoms with Gasteiger partial charge in [-0.25, -0.2) is 0 Å². The molecule has 0 aromatic rings. The van der Waals surface area contributed by atoms with Gasteiger partial charge in [0.2, 0.25) is 0 Å². The lowest BCUT2D eigenvalue weighted by Gasteiger charge is -2.34. The first kappa shape index (κ1) is 10.9. The molecule has 11 heavy (non-hydrogen) atoms. The van der Waals surface area contributed by atoms with Gasteiger partial charge in [-0.15, -0.1) is 0 Å². The van der Waals surface area contributed by atoms with E-state index in [4.69, 9.17) is 4.74 Å². The molecule has 0 heterocycles. The lowest BCUT2D eigenvalue weighted by molar-refractivity contribution is -0.118. The summed E-state index contributed by atoms with van der Waals surface area (Å²) in [5.74, 6) is 0. The van der Waals surface area contributed by atoms with Crippen molar-refractivity contribution in [1.82, 2.24) is 0 Å². The highest BCUT2D eigenvalue weighted by molar-refractivity contribution is 4.83. The highest BCUT2D eigenvalue weighted by atomic mass is 16.5. The van der Waals surface area contributed by atoms with E-state index < -0.39 is 0 Å². The first-order valence-corrected chi connectivity index (χ1v) is 4.45. The van der Waals surface area contributed by atoms with E-state index in [9.17, 15) is 5.11 Å². The Morgan fingerprint density at radius 1 is 1.27 bits per heavy atom.